The second kappa shape index (κ2) is 3.32. The van der Waals surface area contributed by atoms with Crippen LogP contribution in [0.2, 0.25) is 0 Å². The normalized spacial score (nSPS) is 26.5. The molecule has 0 aromatic heterocycles. The quantitative estimate of drug-likeness (QED) is 0.420. The second-order valence-electron chi connectivity index (χ2n) is 2.49. The standard InChI is InChI=1S/C8H11NO2/c1-9-7-3-2-4-8(11)6(7)5-10/h5,10H,2-4H2,1H3/b6-5-,9-7?. The smallest absolute Gasteiger partial charge is 0.167 e. The summed E-state index contributed by atoms with van der Waals surface area (Å²) in [7, 11) is 1.64. The maximum atomic E-state index is 11.1. The van der Waals surface area contributed by atoms with Crippen molar-refractivity contribution in [2.75, 3.05) is 7.05 Å². The molecule has 0 atom stereocenters. The number of hydrogen-bond donors (Lipinski definition) is 1. The second-order valence-corrected chi connectivity index (χ2v) is 2.49. The van der Waals surface area contributed by atoms with Gasteiger partial charge < -0.3 is 5.11 Å². The maximum Gasteiger partial charge on any atom is 0.167 e. The highest BCUT2D eigenvalue weighted by molar-refractivity contribution is 6.23. The van der Waals surface area contributed by atoms with E-state index >= 15 is 0 Å². The van der Waals surface area contributed by atoms with Gasteiger partial charge >= 0.3 is 0 Å². The van der Waals surface area contributed by atoms with Gasteiger partial charge in [-0.3, -0.25) is 9.79 Å². The first-order chi connectivity index (χ1) is 5.29. The Morgan fingerprint density at radius 1 is 1.55 bits per heavy atom. The Labute approximate surface area is 65.4 Å². The van der Waals surface area contributed by atoms with E-state index in [-0.39, 0.29) is 5.78 Å². The first-order valence-corrected chi connectivity index (χ1v) is 3.63. The van der Waals surface area contributed by atoms with Crippen LogP contribution in [0, 0.1) is 0 Å². The largest absolute Gasteiger partial charge is 0.515 e. The first kappa shape index (κ1) is 7.98. The molecule has 11 heavy (non-hydrogen) atoms. The molecule has 0 radical (unpaired) electrons. The van der Waals surface area contributed by atoms with Crippen LogP contribution in [0.4, 0.5) is 0 Å². The number of Topliss-reactive ketones (excluding diaryl/α,β-unsaturated/α-hetero) is 1. The Bertz CT molecular complexity index is 228. The molecule has 0 spiro atoms. The maximum absolute atomic E-state index is 11.1. The van der Waals surface area contributed by atoms with Crippen LogP contribution in [0.1, 0.15) is 19.3 Å². The van der Waals surface area contributed by atoms with Crippen molar-refractivity contribution in [1.29, 1.82) is 0 Å². The lowest BCUT2D eigenvalue weighted by atomic mass is 9.92. The van der Waals surface area contributed by atoms with Crippen molar-refractivity contribution in [3.05, 3.63) is 11.8 Å². The molecule has 60 valence electrons. The SMILES string of the molecule is CN=C1CCCC(=O)/C1=C\O. The van der Waals surface area contributed by atoms with E-state index in [2.05, 4.69) is 4.99 Å². The molecular formula is C8H11NO2. The van der Waals surface area contributed by atoms with Crippen molar-refractivity contribution in [1.82, 2.24) is 0 Å². The zero-order valence-electron chi connectivity index (χ0n) is 6.50. The summed E-state index contributed by atoms with van der Waals surface area (Å²) in [6, 6.07) is 0. The van der Waals surface area contributed by atoms with E-state index in [9.17, 15) is 4.79 Å². The van der Waals surface area contributed by atoms with Gasteiger partial charge in [-0.05, 0) is 12.8 Å². The van der Waals surface area contributed by atoms with Gasteiger partial charge in [-0.2, -0.15) is 0 Å². The highest BCUT2D eigenvalue weighted by atomic mass is 16.2. The van der Waals surface area contributed by atoms with Crippen LogP contribution in [0.15, 0.2) is 16.8 Å². The van der Waals surface area contributed by atoms with Crippen molar-refractivity contribution in [2.45, 2.75) is 19.3 Å². The van der Waals surface area contributed by atoms with Gasteiger partial charge in [0.2, 0.25) is 0 Å². The molecule has 0 saturated heterocycles. The Morgan fingerprint density at radius 2 is 2.27 bits per heavy atom. The van der Waals surface area contributed by atoms with E-state index < -0.39 is 0 Å². The fraction of sp³-hybridized carbons (Fsp3) is 0.500. The van der Waals surface area contributed by atoms with E-state index in [0.29, 0.717) is 12.0 Å². The molecule has 0 aliphatic heterocycles. The number of aliphatic hydroxyl groups excluding tert-OH is 1. The lowest BCUT2D eigenvalue weighted by Gasteiger charge is -2.13. The number of allylic oxidation sites excluding steroid dienone is 1. The number of ketones is 1. The molecular weight excluding hydrogens is 142 g/mol. The zero-order valence-corrected chi connectivity index (χ0v) is 6.50. The molecule has 0 aromatic carbocycles. The van der Waals surface area contributed by atoms with Crippen LogP contribution < -0.4 is 0 Å². The average molecular weight is 153 g/mol. The minimum atomic E-state index is -0.000602. The fourth-order valence-corrected chi connectivity index (χ4v) is 1.23. The lowest BCUT2D eigenvalue weighted by Crippen LogP contribution is -2.18. The molecule has 0 bridgehead atoms. The van der Waals surface area contributed by atoms with Gasteiger partial charge in [-0.15, -0.1) is 0 Å². The number of rotatable bonds is 0. The average Bonchev–Trinajstić information content (AvgIpc) is 2.04. The van der Waals surface area contributed by atoms with E-state index in [1.807, 2.05) is 0 Å². The fourth-order valence-electron chi connectivity index (χ4n) is 1.23. The summed E-state index contributed by atoms with van der Waals surface area (Å²) in [6.07, 6.45) is 3.05. The third kappa shape index (κ3) is 1.48. The first-order valence-electron chi connectivity index (χ1n) is 3.63. The molecule has 3 nitrogen and oxygen atoms in total. The third-order valence-electron chi connectivity index (χ3n) is 1.83. The van der Waals surface area contributed by atoms with Gasteiger partial charge in [0.1, 0.15) is 0 Å². The number of nitrogens with zero attached hydrogens (tertiary/aromatic N) is 1. The molecule has 0 heterocycles. The molecule has 3 heteroatoms. The summed E-state index contributed by atoms with van der Waals surface area (Å²) >= 11 is 0. The molecule has 1 N–H and O–H groups in total. The van der Waals surface area contributed by atoms with Gasteiger partial charge in [-0.25, -0.2) is 0 Å². The lowest BCUT2D eigenvalue weighted by molar-refractivity contribution is -0.115. The number of aliphatic imine (C=N–C) groups is 1. The summed E-state index contributed by atoms with van der Waals surface area (Å²) in [5.74, 6) is -0.000602. The molecule has 0 unspecified atom stereocenters. The van der Waals surface area contributed by atoms with Gasteiger partial charge in [-0.1, -0.05) is 0 Å². The van der Waals surface area contributed by atoms with Crippen molar-refractivity contribution in [3.63, 3.8) is 0 Å². The van der Waals surface area contributed by atoms with Crippen LogP contribution >= 0.6 is 0 Å². The van der Waals surface area contributed by atoms with Gasteiger partial charge in [0, 0.05) is 19.2 Å². The minimum Gasteiger partial charge on any atom is -0.515 e. The van der Waals surface area contributed by atoms with Gasteiger partial charge in [0.15, 0.2) is 5.78 Å². The Kier molecular flexibility index (Phi) is 2.41. The van der Waals surface area contributed by atoms with Crippen molar-refractivity contribution >= 4 is 11.5 Å². The topological polar surface area (TPSA) is 49.7 Å². The highest BCUT2D eigenvalue weighted by Gasteiger charge is 2.20. The molecule has 0 aromatic rings. The monoisotopic (exact) mass is 153 g/mol. The Morgan fingerprint density at radius 3 is 2.73 bits per heavy atom. The van der Waals surface area contributed by atoms with Crippen molar-refractivity contribution < 1.29 is 9.90 Å². The van der Waals surface area contributed by atoms with E-state index in [1.54, 1.807) is 7.05 Å². The Hall–Kier alpha value is -1.12. The molecule has 0 amide bonds. The predicted molar refractivity (Wildman–Crippen MR) is 42.9 cm³/mol. The highest BCUT2D eigenvalue weighted by Crippen LogP contribution is 2.16. The third-order valence-corrected chi connectivity index (χ3v) is 1.83. The minimum absolute atomic E-state index is 0.000602. The van der Waals surface area contributed by atoms with Gasteiger partial charge in [0.25, 0.3) is 0 Å². The number of carbonyl (C=O) groups is 1. The van der Waals surface area contributed by atoms with Crippen LogP contribution in [0.5, 0.6) is 0 Å². The summed E-state index contributed by atoms with van der Waals surface area (Å²) < 4.78 is 0. The van der Waals surface area contributed by atoms with E-state index in [0.717, 1.165) is 24.8 Å². The number of aliphatic hydroxyl groups is 1. The molecule has 1 saturated carbocycles. The Balaban J connectivity index is 2.90. The molecule has 1 rings (SSSR count). The van der Waals surface area contributed by atoms with Crippen molar-refractivity contribution in [2.24, 2.45) is 4.99 Å². The summed E-state index contributed by atoms with van der Waals surface area (Å²) in [5.41, 5.74) is 1.11. The molecule has 1 aliphatic rings. The predicted octanol–water partition coefficient (Wildman–Crippen LogP) is 1.25. The summed E-state index contributed by atoms with van der Waals surface area (Å²) in [5, 5.41) is 8.70. The van der Waals surface area contributed by atoms with Gasteiger partial charge in [0.05, 0.1) is 11.8 Å². The van der Waals surface area contributed by atoms with Crippen LogP contribution in [-0.2, 0) is 4.79 Å². The summed E-state index contributed by atoms with van der Waals surface area (Å²) in [6.45, 7) is 0. The zero-order chi connectivity index (χ0) is 8.27. The molecule has 1 fully saturated rings. The van der Waals surface area contributed by atoms with E-state index in [4.69, 9.17) is 5.11 Å². The van der Waals surface area contributed by atoms with E-state index in [1.165, 1.54) is 0 Å². The summed E-state index contributed by atoms with van der Waals surface area (Å²) in [4.78, 5) is 15.0. The number of hydrogen-bond acceptors (Lipinski definition) is 3. The van der Waals surface area contributed by atoms with Crippen LogP contribution in [0.25, 0.3) is 0 Å². The number of carbonyl (C=O) groups excluding carboxylic acids is 1. The van der Waals surface area contributed by atoms with Crippen LogP contribution in [-0.4, -0.2) is 23.6 Å². The van der Waals surface area contributed by atoms with Crippen molar-refractivity contribution in [3.8, 4) is 0 Å². The molecule has 1 aliphatic carbocycles. The van der Waals surface area contributed by atoms with Crippen LogP contribution in [0.3, 0.4) is 0 Å².